The van der Waals surface area contributed by atoms with Crippen molar-refractivity contribution in [3.8, 4) is 11.1 Å². The van der Waals surface area contributed by atoms with Crippen LogP contribution in [0.5, 0.6) is 0 Å². The van der Waals surface area contributed by atoms with Crippen LogP contribution in [0.25, 0.3) is 11.1 Å². The van der Waals surface area contributed by atoms with Crippen LogP contribution in [0.15, 0.2) is 30.6 Å². The molecular weight excluding hydrogens is 192 g/mol. The Morgan fingerprint density at radius 2 is 2.27 bits per heavy atom. The number of hydrogen-bond acceptors (Lipinski definition) is 2. The highest BCUT2D eigenvalue weighted by Crippen LogP contribution is 2.23. The van der Waals surface area contributed by atoms with Crippen molar-refractivity contribution in [2.75, 3.05) is 0 Å². The molecule has 0 radical (unpaired) electrons. The summed E-state index contributed by atoms with van der Waals surface area (Å²) in [7, 11) is 0. The Kier molecular flexibility index (Phi) is 2.25. The summed E-state index contributed by atoms with van der Waals surface area (Å²) in [5, 5.41) is 15.4. The van der Waals surface area contributed by atoms with Crippen molar-refractivity contribution < 1.29 is 9.90 Å². The van der Waals surface area contributed by atoms with E-state index in [9.17, 15) is 4.79 Å². The van der Waals surface area contributed by atoms with Gasteiger partial charge in [-0.2, -0.15) is 5.10 Å². The third kappa shape index (κ3) is 1.74. The molecule has 15 heavy (non-hydrogen) atoms. The van der Waals surface area contributed by atoms with E-state index in [2.05, 4.69) is 10.2 Å². The van der Waals surface area contributed by atoms with Gasteiger partial charge in [0.25, 0.3) is 0 Å². The molecule has 2 N–H and O–H groups in total. The number of hydrogen-bond donors (Lipinski definition) is 2. The molecule has 1 heterocycles. The van der Waals surface area contributed by atoms with Crippen LogP contribution in [0.1, 0.15) is 15.9 Å². The summed E-state index contributed by atoms with van der Waals surface area (Å²) >= 11 is 0. The molecule has 0 aliphatic rings. The van der Waals surface area contributed by atoms with Gasteiger partial charge in [-0.25, -0.2) is 4.79 Å². The number of nitrogens with zero attached hydrogens (tertiary/aromatic N) is 1. The second kappa shape index (κ2) is 3.57. The Balaban J connectivity index is 2.55. The zero-order valence-electron chi connectivity index (χ0n) is 8.19. The molecule has 0 unspecified atom stereocenters. The van der Waals surface area contributed by atoms with Crippen LogP contribution in [-0.4, -0.2) is 21.3 Å². The van der Waals surface area contributed by atoms with E-state index in [4.69, 9.17) is 5.11 Å². The molecule has 1 aromatic heterocycles. The van der Waals surface area contributed by atoms with Crippen LogP contribution < -0.4 is 0 Å². The maximum atomic E-state index is 10.8. The van der Waals surface area contributed by atoms with Gasteiger partial charge in [-0.3, -0.25) is 5.10 Å². The zero-order chi connectivity index (χ0) is 10.8. The maximum absolute atomic E-state index is 10.8. The standard InChI is InChI=1S/C11H10N2O2/c1-7-2-3-8(11(14)15)4-10(7)9-5-12-13-6-9/h2-6H,1H3,(H,12,13)(H,14,15). The van der Waals surface area contributed by atoms with E-state index in [0.29, 0.717) is 0 Å². The summed E-state index contributed by atoms with van der Waals surface area (Å²) < 4.78 is 0. The summed E-state index contributed by atoms with van der Waals surface area (Å²) in [6, 6.07) is 5.05. The van der Waals surface area contributed by atoms with Gasteiger partial charge < -0.3 is 5.11 Å². The summed E-state index contributed by atoms with van der Waals surface area (Å²) in [4.78, 5) is 10.8. The number of aromatic carboxylic acids is 1. The fraction of sp³-hybridized carbons (Fsp3) is 0.0909. The largest absolute Gasteiger partial charge is 0.478 e. The van der Waals surface area contributed by atoms with Gasteiger partial charge in [-0.05, 0) is 30.2 Å². The molecule has 0 saturated carbocycles. The summed E-state index contributed by atoms with van der Waals surface area (Å²) in [5.41, 5.74) is 3.11. The van der Waals surface area contributed by atoms with E-state index >= 15 is 0 Å². The number of aryl methyl sites for hydroxylation is 1. The number of aromatic nitrogens is 2. The average Bonchev–Trinajstić information content (AvgIpc) is 2.71. The molecule has 2 aromatic rings. The highest BCUT2D eigenvalue weighted by Gasteiger charge is 2.08. The van der Waals surface area contributed by atoms with E-state index in [-0.39, 0.29) is 5.56 Å². The van der Waals surface area contributed by atoms with Crippen molar-refractivity contribution in [1.29, 1.82) is 0 Å². The van der Waals surface area contributed by atoms with E-state index in [1.807, 2.05) is 6.92 Å². The van der Waals surface area contributed by atoms with Gasteiger partial charge in [0.05, 0.1) is 11.8 Å². The monoisotopic (exact) mass is 202 g/mol. The van der Waals surface area contributed by atoms with E-state index in [1.54, 1.807) is 30.6 Å². The van der Waals surface area contributed by atoms with Crippen molar-refractivity contribution in [3.05, 3.63) is 41.7 Å². The van der Waals surface area contributed by atoms with Crippen molar-refractivity contribution in [1.82, 2.24) is 10.2 Å². The molecule has 4 nitrogen and oxygen atoms in total. The third-order valence-electron chi connectivity index (χ3n) is 2.29. The minimum atomic E-state index is -0.917. The van der Waals surface area contributed by atoms with Crippen molar-refractivity contribution in [3.63, 3.8) is 0 Å². The Bertz CT molecular complexity index is 489. The fourth-order valence-corrected chi connectivity index (χ4v) is 1.46. The SMILES string of the molecule is Cc1ccc(C(=O)O)cc1-c1cn[nH]c1. The molecule has 0 bridgehead atoms. The van der Waals surface area contributed by atoms with E-state index < -0.39 is 5.97 Å². The number of aromatic amines is 1. The van der Waals surface area contributed by atoms with Crippen LogP contribution in [0.2, 0.25) is 0 Å². The first-order valence-electron chi connectivity index (χ1n) is 4.51. The molecular formula is C11H10N2O2. The number of benzene rings is 1. The molecule has 0 saturated heterocycles. The maximum Gasteiger partial charge on any atom is 0.335 e. The van der Waals surface area contributed by atoms with Crippen LogP contribution in [0.3, 0.4) is 0 Å². The zero-order valence-corrected chi connectivity index (χ0v) is 8.19. The quantitative estimate of drug-likeness (QED) is 0.783. The van der Waals surface area contributed by atoms with Crippen LogP contribution in [-0.2, 0) is 0 Å². The fourth-order valence-electron chi connectivity index (χ4n) is 1.46. The second-order valence-corrected chi connectivity index (χ2v) is 3.32. The van der Waals surface area contributed by atoms with Gasteiger partial charge >= 0.3 is 5.97 Å². The van der Waals surface area contributed by atoms with Crippen LogP contribution >= 0.6 is 0 Å². The Morgan fingerprint density at radius 1 is 1.47 bits per heavy atom. The lowest BCUT2D eigenvalue weighted by molar-refractivity contribution is 0.0697. The molecule has 0 amide bonds. The minimum Gasteiger partial charge on any atom is -0.478 e. The number of carboxylic acid groups (broad SMARTS) is 1. The lowest BCUT2D eigenvalue weighted by Gasteiger charge is -2.04. The Hall–Kier alpha value is -2.10. The topological polar surface area (TPSA) is 66.0 Å². The van der Waals surface area contributed by atoms with Crippen LogP contribution in [0, 0.1) is 6.92 Å². The number of nitrogens with one attached hydrogen (secondary N) is 1. The van der Waals surface area contributed by atoms with Gasteiger partial charge in [0.2, 0.25) is 0 Å². The smallest absolute Gasteiger partial charge is 0.335 e. The highest BCUT2D eigenvalue weighted by atomic mass is 16.4. The first-order valence-corrected chi connectivity index (χ1v) is 4.51. The molecule has 2 rings (SSSR count). The average molecular weight is 202 g/mol. The first kappa shape index (κ1) is 9.45. The van der Waals surface area contributed by atoms with Gasteiger partial charge in [-0.1, -0.05) is 6.07 Å². The number of rotatable bonds is 2. The normalized spacial score (nSPS) is 10.2. The highest BCUT2D eigenvalue weighted by molar-refractivity contribution is 5.89. The molecule has 0 atom stereocenters. The molecule has 1 aromatic carbocycles. The predicted molar refractivity (Wildman–Crippen MR) is 55.7 cm³/mol. The lowest BCUT2D eigenvalue weighted by Crippen LogP contribution is -1.96. The molecule has 4 heteroatoms. The minimum absolute atomic E-state index is 0.289. The van der Waals surface area contributed by atoms with E-state index in [0.717, 1.165) is 16.7 Å². The van der Waals surface area contributed by atoms with E-state index in [1.165, 1.54) is 0 Å². The second-order valence-electron chi connectivity index (χ2n) is 3.32. The van der Waals surface area contributed by atoms with Gasteiger partial charge in [0, 0.05) is 11.8 Å². The Morgan fingerprint density at radius 3 is 2.87 bits per heavy atom. The molecule has 0 fully saturated rings. The summed E-state index contributed by atoms with van der Waals surface area (Å²) in [6.45, 7) is 1.94. The van der Waals surface area contributed by atoms with Crippen molar-refractivity contribution in [2.24, 2.45) is 0 Å². The molecule has 0 aliphatic heterocycles. The number of carboxylic acids is 1. The van der Waals surface area contributed by atoms with Crippen molar-refractivity contribution >= 4 is 5.97 Å². The third-order valence-corrected chi connectivity index (χ3v) is 2.29. The van der Waals surface area contributed by atoms with Gasteiger partial charge in [0.15, 0.2) is 0 Å². The first-order chi connectivity index (χ1) is 7.18. The lowest BCUT2D eigenvalue weighted by atomic mass is 10.0. The molecule has 76 valence electrons. The summed E-state index contributed by atoms with van der Waals surface area (Å²) in [5.74, 6) is -0.917. The van der Waals surface area contributed by atoms with Crippen molar-refractivity contribution in [2.45, 2.75) is 6.92 Å². The van der Waals surface area contributed by atoms with Gasteiger partial charge in [-0.15, -0.1) is 0 Å². The Labute approximate surface area is 86.6 Å². The summed E-state index contributed by atoms with van der Waals surface area (Å²) in [6.07, 6.45) is 3.42. The number of carbonyl (C=O) groups is 1. The molecule has 0 spiro atoms. The van der Waals surface area contributed by atoms with Crippen LogP contribution in [0.4, 0.5) is 0 Å². The molecule has 0 aliphatic carbocycles. The predicted octanol–water partition coefficient (Wildman–Crippen LogP) is 2.08. The number of H-pyrrole nitrogens is 1. The van der Waals surface area contributed by atoms with Gasteiger partial charge in [0.1, 0.15) is 0 Å².